The molecule has 0 atom stereocenters. The highest BCUT2D eigenvalue weighted by Crippen LogP contribution is 2.05. The minimum absolute atomic E-state index is 0.910. The average Bonchev–Trinajstić information content (AvgIpc) is 2.46. The number of hydrogen-bond acceptors (Lipinski definition) is 3. The van der Waals surface area contributed by atoms with Gasteiger partial charge in [0, 0.05) is 19.5 Å². The average molecular weight is 266 g/mol. The standard InChI is InChI=1S/C16H30N2O/c1-3-17(2)11-9-7-5-4-6-8-10-12-18-13-15-19-16-14-18/h3-6,8,10-16H2,1-2H3. The first-order valence-electron chi connectivity index (χ1n) is 7.77. The predicted octanol–water partition coefficient (Wildman–Crippen LogP) is 2.22. The van der Waals surface area contributed by atoms with Crippen LogP contribution in [0.3, 0.4) is 0 Å². The van der Waals surface area contributed by atoms with Gasteiger partial charge in [-0.2, -0.15) is 0 Å². The van der Waals surface area contributed by atoms with Crippen molar-refractivity contribution in [2.24, 2.45) is 0 Å². The second-order valence-electron chi connectivity index (χ2n) is 5.30. The van der Waals surface area contributed by atoms with Crippen molar-refractivity contribution in [3.05, 3.63) is 0 Å². The van der Waals surface area contributed by atoms with E-state index in [-0.39, 0.29) is 0 Å². The Morgan fingerprint density at radius 1 is 1.05 bits per heavy atom. The molecule has 0 spiro atoms. The molecule has 110 valence electrons. The molecule has 0 radical (unpaired) electrons. The molecule has 0 bridgehead atoms. The molecule has 0 N–H and O–H groups in total. The van der Waals surface area contributed by atoms with E-state index in [0.717, 1.165) is 45.8 Å². The maximum atomic E-state index is 5.35. The molecule has 1 aliphatic rings. The van der Waals surface area contributed by atoms with Crippen LogP contribution in [-0.2, 0) is 4.74 Å². The van der Waals surface area contributed by atoms with Gasteiger partial charge in [-0.25, -0.2) is 0 Å². The number of nitrogens with zero attached hydrogens (tertiary/aromatic N) is 2. The Morgan fingerprint density at radius 2 is 1.79 bits per heavy atom. The molecule has 3 heteroatoms. The van der Waals surface area contributed by atoms with Crippen LogP contribution in [0, 0.1) is 11.8 Å². The van der Waals surface area contributed by atoms with Crippen molar-refractivity contribution in [1.82, 2.24) is 9.80 Å². The molecule has 19 heavy (non-hydrogen) atoms. The van der Waals surface area contributed by atoms with Crippen molar-refractivity contribution in [3.8, 4) is 11.8 Å². The Labute approximate surface area is 119 Å². The normalized spacial score (nSPS) is 16.4. The van der Waals surface area contributed by atoms with Gasteiger partial charge in [-0.15, -0.1) is 5.92 Å². The fourth-order valence-corrected chi connectivity index (χ4v) is 2.12. The van der Waals surface area contributed by atoms with Gasteiger partial charge in [0.25, 0.3) is 0 Å². The number of morpholine rings is 1. The molecule has 1 saturated heterocycles. The van der Waals surface area contributed by atoms with Gasteiger partial charge >= 0.3 is 0 Å². The largest absolute Gasteiger partial charge is 0.379 e. The lowest BCUT2D eigenvalue weighted by atomic mass is 10.1. The monoisotopic (exact) mass is 266 g/mol. The van der Waals surface area contributed by atoms with E-state index in [9.17, 15) is 0 Å². The Balaban J connectivity index is 1.85. The Bertz CT molecular complexity index is 264. The van der Waals surface area contributed by atoms with Gasteiger partial charge in [-0.05, 0) is 33.0 Å². The first-order chi connectivity index (χ1) is 9.33. The predicted molar refractivity (Wildman–Crippen MR) is 81.3 cm³/mol. The number of unbranched alkanes of at least 4 members (excludes halogenated alkanes) is 4. The summed E-state index contributed by atoms with van der Waals surface area (Å²) in [7, 11) is 2.11. The topological polar surface area (TPSA) is 15.7 Å². The summed E-state index contributed by atoms with van der Waals surface area (Å²) in [4.78, 5) is 4.75. The highest BCUT2D eigenvalue weighted by Gasteiger charge is 2.08. The fourth-order valence-electron chi connectivity index (χ4n) is 2.12. The Hall–Kier alpha value is -0.560. The summed E-state index contributed by atoms with van der Waals surface area (Å²) in [6, 6.07) is 0. The van der Waals surface area contributed by atoms with Crippen LogP contribution in [0.2, 0.25) is 0 Å². The van der Waals surface area contributed by atoms with Crippen LogP contribution in [0.15, 0.2) is 0 Å². The first-order valence-corrected chi connectivity index (χ1v) is 7.77. The van der Waals surface area contributed by atoms with Crippen LogP contribution in [-0.4, -0.2) is 62.8 Å². The summed E-state index contributed by atoms with van der Waals surface area (Å²) in [5.41, 5.74) is 0. The highest BCUT2D eigenvalue weighted by molar-refractivity contribution is 5.00. The number of hydrogen-bond donors (Lipinski definition) is 0. The Kier molecular flexibility index (Phi) is 9.79. The lowest BCUT2D eigenvalue weighted by molar-refractivity contribution is 0.0371. The van der Waals surface area contributed by atoms with Crippen LogP contribution in [0.5, 0.6) is 0 Å². The van der Waals surface area contributed by atoms with Crippen LogP contribution in [0.25, 0.3) is 0 Å². The number of rotatable bonds is 8. The van der Waals surface area contributed by atoms with E-state index >= 15 is 0 Å². The van der Waals surface area contributed by atoms with Gasteiger partial charge in [-0.3, -0.25) is 9.80 Å². The molecule has 0 unspecified atom stereocenters. The van der Waals surface area contributed by atoms with Crippen LogP contribution >= 0.6 is 0 Å². The molecule has 0 aromatic carbocycles. The fraction of sp³-hybridized carbons (Fsp3) is 0.875. The molecule has 3 nitrogen and oxygen atoms in total. The second kappa shape index (κ2) is 11.3. The third kappa shape index (κ3) is 9.04. The van der Waals surface area contributed by atoms with E-state index in [4.69, 9.17) is 4.74 Å². The minimum atomic E-state index is 0.910. The van der Waals surface area contributed by atoms with Crippen LogP contribution in [0.1, 0.15) is 39.0 Å². The summed E-state index contributed by atoms with van der Waals surface area (Å²) in [6.07, 6.45) is 6.31. The zero-order valence-electron chi connectivity index (χ0n) is 12.8. The molecule has 1 fully saturated rings. The van der Waals surface area contributed by atoms with Crippen molar-refractivity contribution in [2.45, 2.75) is 39.0 Å². The lowest BCUT2D eigenvalue weighted by Gasteiger charge is -2.26. The van der Waals surface area contributed by atoms with Crippen LogP contribution < -0.4 is 0 Å². The zero-order valence-corrected chi connectivity index (χ0v) is 12.8. The molecule has 1 rings (SSSR count). The lowest BCUT2D eigenvalue weighted by Crippen LogP contribution is -2.36. The smallest absolute Gasteiger partial charge is 0.0598 e. The van der Waals surface area contributed by atoms with E-state index < -0.39 is 0 Å². The number of ether oxygens (including phenoxy) is 1. The maximum Gasteiger partial charge on any atom is 0.0598 e. The van der Waals surface area contributed by atoms with E-state index in [0.29, 0.717) is 0 Å². The summed E-state index contributed by atoms with van der Waals surface area (Å²) >= 11 is 0. The molecular weight excluding hydrogens is 236 g/mol. The molecule has 0 aromatic rings. The van der Waals surface area contributed by atoms with Gasteiger partial charge < -0.3 is 4.74 Å². The molecule has 0 aliphatic carbocycles. The van der Waals surface area contributed by atoms with E-state index in [2.05, 4.69) is 35.6 Å². The van der Waals surface area contributed by atoms with E-state index in [1.807, 2.05) is 0 Å². The second-order valence-corrected chi connectivity index (χ2v) is 5.30. The zero-order chi connectivity index (χ0) is 13.8. The third-order valence-electron chi connectivity index (χ3n) is 3.64. The minimum Gasteiger partial charge on any atom is -0.379 e. The molecule has 0 saturated carbocycles. The maximum absolute atomic E-state index is 5.35. The summed E-state index contributed by atoms with van der Waals surface area (Å²) in [5, 5.41) is 0. The summed E-state index contributed by atoms with van der Waals surface area (Å²) in [5.74, 6) is 6.50. The quantitative estimate of drug-likeness (QED) is 0.495. The van der Waals surface area contributed by atoms with Gasteiger partial charge in [0.2, 0.25) is 0 Å². The molecule has 0 aromatic heterocycles. The molecule has 1 heterocycles. The SMILES string of the molecule is CCN(C)CC#CCCCCCCN1CCOCC1. The van der Waals surface area contributed by atoms with Crippen molar-refractivity contribution in [3.63, 3.8) is 0 Å². The van der Waals surface area contributed by atoms with Crippen molar-refractivity contribution in [1.29, 1.82) is 0 Å². The van der Waals surface area contributed by atoms with E-state index in [1.54, 1.807) is 0 Å². The summed E-state index contributed by atoms with van der Waals surface area (Å²) in [6.45, 7) is 9.48. The van der Waals surface area contributed by atoms with Crippen molar-refractivity contribution in [2.75, 3.05) is 53.0 Å². The highest BCUT2D eigenvalue weighted by atomic mass is 16.5. The summed E-state index contributed by atoms with van der Waals surface area (Å²) < 4.78 is 5.35. The third-order valence-corrected chi connectivity index (χ3v) is 3.64. The molecule has 0 amide bonds. The van der Waals surface area contributed by atoms with Gasteiger partial charge in [0.1, 0.15) is 0 Å². The van der Waals surface area contributed by atoms with Gasteiger partial charge in [0.15, 0.2) is 0 Å². The van der Waals surface area contributed by atoms with Gasteiger partial charge in [-0.1, -0.05) is 25.7 Å². The van der Waals surface area contributed by atoms with Crippen LogP contribution in [0.4, 0.5) is 0 Å². The van der Waals surface area contributed by atoms with Crippen molar-refractivity contribution >= 4 is 0 Å². The Morgan fingerprint density at radius 3 is 2.53 bits per heavy atom. The first kappa shape index (κ1) is 16.5. The van der Waals surface area contributed by atoms with Gasteiger partial charge in [0.05, 0.1) is 19.8 Å². The van der Waals surface area contributed by atoms with Crippen molar-refractivity contribution < 1.29 is 4.74 Å². The van der Waals surface area contributed by atoms with E-state index in [1.165, 1.54) is 32.2 Å². The molecular formula is C16H30N2O. The molecule has 1 aliphatic heterocycles.